The molecule has 0 bridgehead atoms. The van der Waals surface area contributed by atoms with E-state index >= 15 is 0 Å². The van der Waals surface area contributed by atoms with Crippen LogP contribution in [0.5, 0.6) is 0 Å². The fourth-order valence-corrected chi connectivity index (χ4v) is 3.87. The molecule has 1 saturated heterocycles. The lowest BCUT2D eigenvalue weighted by Crippen LogP contribution is -2.44. The first-order valence-electron chi connectivity index (χ1n) is 10.0. The van der Waals surface area contributed by atoms with Gasteiger partial charge in [-0.1, -0.05) is 17.7 Å². The average Bonchev–Trinajstić information content (AvgIpc) is 2.82. The fraction of sp³-hybridized carbons (Fsp3) is 0.182. The van der Waals surface area contributed by atoms with Crippen LogP contribution in [0.1, 0.15) is 0 Å². The Labute approximate surface area is 187 Å². The second-order valence-corrected chi connectivity index (χ2v) is 7.69. The lowest BCUT2D eigenvalue weighted by Gasteiger charge is -2.29. The molecule has 1 aromatic carbocycles. The van der Waals surface area contributed by atoms with Crippen LogP contribution in [0, 0.1) is 11.6 Å². The van der Waals surface area contributed by atoms with Crippen molar-refractivity contribution in [2.75, 3.05) is 36.4 Å². The van der Waals surface area contributed by atoms with Crippen molar-refractivity contribution in [2.45, 2.75) is 0 Å². The molecule has 4 aromatic rings. The Morgan fingerprint density at radius 3 is 2.75 bits per heavy atom. The highest BCUT2D eigenvalue weighted by molar-refractivity contribution is 6.36. The third-order valence-electron chi connectivity index (χ3n) is 5.19. The monoisotopic (exact) mass is 453 g/mol. The van der Waals surface area contributed by atoms with Gasteiger partial charge in [0.2, 0.25) is 0 Å². The molecule has 4 heterocycles. The molecule has 1 aliphatic rings. The molecule has 32 heavy (non-hydrogen) atoms. The van der Waals surface area contributed by atoms with E-state index in [0.717, 1.165) is 43.4 Å². The highest BCUT2D eigenvalue weighted by Crippen LogP contribution is 2.33. The van der Waals surface area contributed by atoms with Crippen molar-refractivity contribution < 1.29 is 8.78 Å². The number of hydrogen-bond donors (Lipinski definition) is 2. The number of halogens is 3. The number of piperazine rings is 1. The number of anilines is 3. The van der Waals surface area contributed by atoms with E-state index in [9.17, 15) is 8.78 Å². The van der Waals surface area contributed by atoms with Gasteiger partial charge in [0.25, 0.3) is 0 Å². The molecule has 5 rings (SSSR count). The standard InChI is InChI=1S/C22H18ClF2N7/c23-14-11-27-12-17-19(14)22(32-8-6-26-7-9-32)31-21(30-17)13-4-5-28-18(10-13)29-16-3-1-2-15(24)20(16)25/h1-5,10-12,26H,6-9H2,(H,28,29). The van der Waals surface area contributed by atoms with E-state index < -0.39 is 11.6 Å². The van der Waals surface area contributed by atoms with Gasteiger partial charge in [0.1, 0.15) is 11.6 Å². The van der Waals surface area contributed by atoms with Crippen LogP contribution in [-0.2, 0) is 0 Å². The zero-order valence-electron chi connectivity index (χ0n) is 16.8. The average molecular weight is 454 g/mol. The summed E-state index contributed by atoms with van der Waals surface area (Å²) < 4.78 is 27.6. The number of benzene rings is 1. The SMILES string of the molecule is Fc1cccc(Nc2cc(-c3nc(N4CCNCC4)c4c(Cl)cncc4n3)ccn2)c1F. The van der Waals surface area contributed by atoms with Gasteiger partial charge in [-0.15, -0.1) is 0 Å². The maximum Gasteiger partial charge on any atom is 0.182 e. The molecule has 0 saturated carbocycles. The minimum Gasteiger partial charge on any atom is -0.353 e. The summed E-state index contributed by atoms with van der Waals surface area (Å²) in [5.41, 5.74) is 1.28. The van der Waals surface area contributed by atoms with Crippen molar-refractivity contribution in [1.29, 1.82) is 0 Å². The molecule has 0 radical (unpaired) electrons. The largest absolute Gasteiger partial charge is 0.353 e. The van der Waals surface area contributed by atoms with E-state index in [1.807, 2.05) is 0 Å². The summed E-state index contributed by atoms with van der Waals surface area (Å²) in [4.78, 5) is 20.0. The molecule has 0 amide bonds. The zero-order valence-corrected chi connectivity index (χ0v) is 17.6. The first-order chi connectivity index (χ1) is 15.6. The van der Waals surface area contributed by atoms with Gasteiger partial charge in [0.15, 0.2) is 17.5 Å². The van der Waals surface area contributed by atoms with Crippen molar-refractivity contribution in [3.63, 3.8) is 0 Å². The predicted octanol–water partition coefficient (Wildman–Crippen LogP) is 4.17. The number of fused-ring (bicyclic) bond motifs is 1. The van der Waals surface area contributed by atoms with Crippen LogP contribution in [0.3, 0.4) is 0 Å². The Kier molecular flexibility index (Phi) is 5.50. The molecule has 2 N–H and O–H groups in total. The molecule has 10 heteroatoms. The van der Waals surface area contributed by atoms with E-state index in [2.05, 4.69) is 30.5 Å². The number of nitrogens with zero attached hydrogens (tertiary/aromatic N) is 5. The zero-order chi connectivity index (χ0) is 22.1. The molecule has 3 aromatic heterocycles. The van der Waals surface area contributed by atoms with E-state index in [4.69, 9.17) is 16.6 Å². The quantitative estimate of drug-likeness (QED) is 0.480. The first-order valence-corrected chi connectivity index (χ1v) is 10.4. The summed E-state index contributed by atoms with van der Waals surface area (Å²) in [6, 6.07) is 7.37. The minimum atomic E-state index is -0.969. The van der Waals surface area contributed by atoms with Crippen LogP contribution in [-0.4, -0.2) is 46.1 Å². The van der Waals surface area contributed by atoms with E-state index in [1.165, 1.54) is 12.1 Å². The van der Waals surface area contributed by atoms with Gasteiger partial charge in [0.05, 0.1) is 27.8 Å². The summed E-state index contributed by atoms with van der Waals surface area (Å²) in [6.07, 6.45) is 4.80. The Bertz CT molecular complexity index is 1290. The Morgan fingerprint density at radius 1 is 1.06 bits per heavy atom. The third-order valence-corrected chi connectivity index (χ3v) is 5.48. The third kappa shape index (κ3) is 3.92. The van der Waals surface area contributed by atoms with Crippen LogP contribution in [0.25, 0.3) is 22.3 Å². The molecule has 0 unspecified atom stereocenters. The van der Waals surface area contributed by atoms with Crippen molar-refractivity contribution in [3.8, 4) is 11.4 Å². The van der Waals surface area contributed by atoms with Gasteiger partial charge in [0, 0.05) is 44.1 Å². The predicted molar refractivity (Wildman–Crippen MR) is 120 cm³/mol. The van der Waals surface area contributed by atoms with E-state index in [1.54, 1.807) is 30.7 Å². The van der Waals surface area contributed by atoms with Crippen LogP contribution in [0.2, 0.25) is 5.02 Å². The van der Waals surface area contributed by atoms with Gasteiger partial charge < -0.3 is 15.5 Å². The first kappa shape index (κ1) is 20.5. The lowest BCUT2D eigenvalue weighted by molar-refractivity contribution is 0.511. The molecule has 162 valence electrons. The molecule has 7 nitrogen and oxygen atoms in total. The molecule has 1 fully saturated rings. The number of hydrogen-bond acceptors (Lipinski definition) is 7. The minimum absolute atomic E-state index is 0.00781. The van der Waals surface area contributed by atoms with Gasteiger partial charge in [-0.2, -0.15) is 0 Å². The van der Waals surface area contributed by atoms with Crippen molar-refractivity contribution in [3.05, 3.63) is 65.6 Å². The second kappa shape index (κ2) is 8.60. The normalized spacial score (nSPS) is 14.0. The summed E-state index contributed by atoms with van der Waals surface area (Å²) in [5.74, 6) is -0.372. The molecule has 0 aliphatic carbocycles. The second-order valence-electron chi connectivity index (χ2n) is 7.28. The Balaban J connectivity index is 1.57. The van der Waals surface area contributed by atoms with Gasteiger partial charge >= 0.3 is 0 Å². The van der Waals surface area contributed by atoms with Crippen molar-refractivity contribution in [1.82, 2.24) is 25.3 Å². The van der Waals surface area contributed by atoms with E-state index in [-0.39, 0.29) is 5.69 Å². The Morgan fingerprint density at radius 2 is 1.91 bits per heavy atom. The highest BCUT2D eigenvalue weighted by atomic mass is 35.5. The fourth-order valence-electron chi connectivity index (χ4n) is 3.64. The van der Waals surface area contributed by atoms with Crippen LogP contribution >= 0.6 is 11.6 Å². The molecular weight excluding hydrogens is 436 g/mol. The lowest BCUT2D eigenvalue weighted by atomic mass is 10.2. The summed E-state index contributed by atoms with van der Waals surface area (Å²) in [7, 11) is 0. The topological polar surface area (TPSA) is 78.9 Å². The summed E-state index contributed by atoms with van der Waals surface area (Å²) in [6.45, 7) is 3.25. The summed E-state index contributed by atoms with van der Waals surface area (Å²) >= 11 is 6.45. The Hall–Kier alpha value is -3.43. The number of nitrogens with one attached hydrogen (secondary N) is 2. The van der Waals surface area contributed by atoms with Crippen LogP contribution in [0.4, 0.5) is 26.1 Å². The molecule has 0 atom stereocenters. The van der Waals surface area contributed by atoms with Crippen molar-refractivity contribution >= 4 is 39.8 Å². The number of rotatable bonds is 4. The van der Waals surface area contributed by atoms with E-state index in [0.29, 0.717) is 27.7 Å². The van der Waals surface area contributed by atoms with Gasteiger partial charge in [-0.3, -0.25) is 4.98 Å². The van der Waals surface area contributed by atoms with Gasteiger partial charge in [-0.25, -0.2) is 23.7 Å². The maximum absolute atomic E-state index is 14.1. The number of pyridine rings is 2. The van der Waals surface area contributed by atoms with Crippen molar-refractivity contribution in [2.24, 2.45) is 0 Å². The highest BCUT2D eigenvalue weighted by Gasteiger charge is 2.20. The smallest absolute Gasteiger partial charge is 0.182 e. The van der Waals surface area contributed by atoms with Crippen LogP contribution < -0.4 is 15.5 Å². The molecule has 1 aliphatic heterocycles. The number of aromatic nitrogens is 4. The summed E-state index contributed by atoms with van der Waals surface area (Å²) in [5, 5.41) is 7.38. The molecular formula is C22H18ClF2N7. The maximum atomic E-state index is 14.1. The molecule has 0 spiro atoms. The van der Waals surface area contributed by atoms with Gasteiger partial charge in [-0.05, 0) is 24.3 Å². The van der Waals surface area contributed by atoms with Crippen LogP contribution in [0.15, 0.2) is 48.9 Å².